The molecule has 1 aromatic rings. The Kier molecular flexibility index (Phi) is 3.43. The number of nitrogens with two attached hydrogens (primary N) is 1. The topological polar surface area (TPSA) is 59.1 Å². The lowest BCUT2D eigenvalue weighted by molar-refractivity contribution is 0.141. The Morgan fingerprint density at radius 1 is 1.50 bits per heavy atom. The molecule has 0 spiro atoms. The van der Waals surface area contributed by atoms with Gasteiger partial charge in [-0.15, -0.1) is 0 Å². The van der Waals surface area contributed by atoms with E-state index in [9.17, 15) is 13.2 Å². The summed E-state index contributed by atoms with van der Waals surface area (Å²) in [5, 5.41) is 8.81. The molecule has 6 heteroatoms. The van der Waals surface area contributed by atoms with Gasteiger partial charge in [0.15, 0.2) is 5.82 Å². The zero-order valence-electron chi connectivity index (χ0n) is 7.17. The highest BCUT2D eigenvalue weighted by molar-refractivity contribution is 5.31. The maximum atomic E-state index is 12.9. The minimum absolute atomic E-state index is 0.0872. The summed E-state index contributed by atoms with van der Waals surface area (Å²) < 4.78 is 37.7. The zero-order chi connectivity index (χ0) is 10.7. The molecule has 3 nitrogen and oxygen atoms in total. The Morgan fingerprint density at radius 3 is 2.57 bits per heavy atom. The summed E-state index contributed by atoms with van der Waals surface area (Å²) in [5.41, 5.74) is 4.25. The Hall–Kier alpha value is -1.14. The number of nitrogens with zero attached hydrogens (tertiary/aromatic N) is 1. The maximum Gasteiger partial charge on any atom is 0.267 e. The highest BCUT2D eigenvalue weighted by Gasteiger charge is 2.21. The van der Waals surface area contributed by atoms with E-state index in [0.717, 1.165) is 0 Å². The molecule has 0 radical (unpaired) electrons. The monoisotopic (exact) mass is 206 g/mol. The van der Waals surface area contributed by atoms with Crippen molar-refractivity contribution >= 4 is 0 Å². The van der Waals surface area contributed by atoms with E-state index < -0.39 is 24.4 Å². The van der Waals surface area contributed by atoms with Gasteiger partial charge in [-0.3, -0.25) is 4.98 Å². The number of rotatable bonds is 3. The van der Waals surface area contributed by atoms with Gasteiger partial charge in [0.1, 0.15) is 0 Å². The van der Waals surface area contributed by atoms with Gasteiger partial charge in [-0.25, -0.2) is 13.2 Å². The van der Waals surface area contributed by atoms with Crippen molar-refractivity contribution in [3.8, 4) is 0 Å². The normalized spacial score (nSPS) is 11.0. The lowest BCUT2D eigenvalue weighted by Gasteiger charge is -2.10. The fraction of sp³-hybridized carbons (Fsp3) is 0.375. The summed E-state index contributed by atoms with van der Waals surface area (Å²) in [6.45, 7) is -0.813. The van der Waals surface area contributed by atoms with Gasteiger partial charge in [0.05, 0.1) is 24.1 Å². The van der Waals surface area contributed by atoms with Crippen LogP contribution >= 0.6 is 0 Å². The molecule has 0 amide bonds. The van der Waals surface area contributed by atoms with Crippen LogP contribution in [0, 0.1) is 5.82 Å². The lowest BCUT2D eigenvalue weighted by Crippen LogP contribution is -2.10. The van der Waals surface area contributed by atoms with Crippen LogP contribution in [0.15, 0.2) is 6.20 Å². The number of alkyl halides is 2. The number of halogens is 3. The van der Waals surface area contributed by atoms with Crippen molar-refractivity contribution in [2.24, 2.45) is 5.73 Å². The van der Waals surface area contributed by atoms with E-state index in [-0.39, 0.29) is 17.8 Å². The van der Waals surface area contributed by atoms with Crippen LogP contribution < -0.4 is 5.73 Å². The highest BCUT2D eigenvalue weighted by atomic mass is 19.3. The fourth-order valence-corrected chi connectivity index (χ4v) is 1.17. The summed E-state index contributed by atoms with van der Waals surface area (Å²) in [6, 6.07) is 0. The molecule has 0 bridgehead atoms. The second kappa shape index (κ2) is 4.39. The molecule has 0 fully saturated rings. The summed E-state index contributed by atoms with van der Waals surface area (Å²) in [4.78, 5) is 3.52. The maximum absolute atomic E-state index is 12.9. The molecular weight excluding hydrogens is 197 g/mol. The smallest absolute Gasteiger partial charge is 0.267 e. The first kappa shape index (κ1) is 10.9. The minimum Gasteiger partial charge on any atom is -0.392 e. The van der Waals surface area contributed by atoms with Crippen molar-refractivity contribution in [2.75, 3.05) is 0 Å². The van der Waals surface area contributed by atoms with Gasteiger partial charge < -0.3 is 10.8 Å². The molecule has 0 saturated heterocycles. The predicted octanol–water partition coefficient (Wildman–Crippen LogP) is 1.11. The van der Waals surface area contributed by atoms with Gasteiger partial charge in [-0.2, -0.15) is 0 Å². The molecule has 0 aromatic carbocycles. The number of hydrogen-bond donors (Lipinski definition) is 2. The average molecular weight is 206 g/mol. The van der Waals surface area contributed by atoms with E-state index in [1.807, 2.05) is 0 Å². The lowest BCUT2D eigenvalue weighted by atomic mass is 10.1. The second-order valence-electron chi connectivity index (χ2n) is 2.61. The third-order valence-corrected chi connectivity index (χ3v) is 1.83. The summed E-state index contributed by atoms with van der Waals surface area (Å²) in [5.74, 6) is -1.12. The van der Waals surface area contributed by atoms with Crippen LogP contribution in [0.1, 0.15) is 23.2 Å². The molecule has 0 aliphatic carbocycles. The quantitative estimate of drug-likeness (QED) is 0.778. The van der Waals surface area contributed by atoms with Crippen molar-refractivity contribution in [3.05, 3.63) is 28.8 Å². The molecule has 0 unspecified atom stereocenters. The average Bonchev–Trinajstić information content (AvgIpc) is 2.16. The van der Waals surface area contributed by atoms with E-state index >= 15 is 0 Å². The Bertz CT molecular complexity index is 331. The van der Waals surface area contributed by atoms with Gasteiger partial charge in [0.2, 0.25) is 0 Å². The first-order valence-electron chi connectivity index (χ1n) is 3.87. The number of aliphatic hydroxyl groups is 1. The third-order valence-electron chi connectivity index (χ3n) is 1.83. The third kappa shape index (κ3) is 1.85. The van der Waals surface area contributed by atoms with Crippen LogP contribution in [-0.4, -0.2) is 10.1 Å². The van der Waals surface area contributed by atoms with Gasteiger partial charge >= 0.3 is 0 Å². The van der Waals surface area contributed by atoms with E-state index in [2.05, 4.69) is 4.98 Å². The standard InChI is InChI=1S/C8H9F3N2O/c9-5-2-13-6(1-12)4(3-14)7(5)8(10)11/h2,8,14H,1,3,12H2. The van der Waals surface area contributed by atoms with Crippen LogP contribution in [0.25, 0.3) is 0 Å². The van der Waals surface area contributed by atoms with Gasteiger partial charge in [0, 0.05) is 12.1 Å². The molecular formula is C8H9F3N2O. The molecule has 0 atom stereocenters. The Morgan fingerprint density at radius 2 is 2.14 bits per heavy atom. The highest BCUT2D eigenvalue weighted by Crippen LogP contribution is 2.27. The number of pyridine rings is 1. The van der Waals surface area contributed by atoms with Gasteiger partial charge in [0.25, 0.3) is 6.43 Å². The molecule has 78 valence electrons. The summed E-state index contributed by atoms with van der Waals surface area (Å²) in [7, 11) is 0. The molecule has 0 aliphatic rings. The van der Waals surface area contributed by atoms with Crippen LogP contribution in [0.4, 0.5) is 13.2 Å². The molecule has 1 aromatic heterocycles. The van der Waals surface area contributed by atoms with Crippen LogP contribution in [0.3, 0.4) is 0 Å². The summed E-state index contributed by atoms with van der Waals surface area (Å²) in [6.07, 6.45) is -2.30. The van der Waals surface area contributed by atoms with Crippen molar-refractivity contribution in [1.82, 2.24) is 4.98 Å². The summed E-state index contributed by atoms with van der Waals surface area (Å²) >= 11 is 0. The van der Waals surface area contributed by atoms with E-state index in [4.69, 9.17) is 10.8 Å². The Balaban J connectivity index is 3.35. The fourth-order valence-electron chi connectivity index (χ4n) is 1.17. The predicted molar refractivity (Wildman–Crippen MR) is 43.0 cm³/mol. The first-order chi connectivity index (χ1) is 6.61. The van der Waals surface area contributed by atoms with Crippen LogP contribution in [0.2, 0.25) is 0 Å². The number of aliphatic hydroxyl groups excluding tert-OH is 1. The SMILES string of the molecule is NCc1ncc(F)c(C(F)F)c1CO. The molecule has 3 N–H and O–H groups in total. The number of aromatic nitrogens is 1. The molecule has 1 heterocycles. The van der Waals surface area contributed by atoms with Gasteiger partial charge in [-0.1, -0.05) is 0 Å². The minimum atomic E-state index is -2.98. The Labute approximate surface area is 78.4 Å². The van der Waals surface area contributed by atoms with E-state index in [1.54, 1.807) is 0 Å². The molecule has 1 rings (SSSR count). The first-order valence-corrected chi connectivity index (χ1v) is 3.87. The van der Waals surface area contributed by atoms with Crippen molar-refractivity contribution < 1.29 is 18.3 Å². The molecule has 0 aliphatic heterocycles. The van der Waals surface area contributed by atoms with Crippen LogP contribution in [-0.2, 0) is 13.2 Å². The van der Waals surface area contributed by atoms with Gasteiger partial charge in [-0.05, 0) is 0 Å². The van der Waals surface area contributed by atoms with Crippen LogP contribution in [0.5, 0.6) is 0 Å². The molecule has 0 saturated carbocycles. The van der Waals surface area contributed by atoms with E-state index in [1.165, 1.54) is 0 Å². The largest absolute Gasteiger partial charge is 0.392 e. The zero-order valence-corrected chi connectivity index (χ0v) is 7.17. The van der Waals surface area contributed by atoms with Crippen molar-refractivity contribution in [2.45, 2.75) is 19.6 Å². The van der Waals surface area contributed by atoms with E-state index in [0.29, 0.717) is 6.20 Å². The van der Waals surface area contributed by atoms with Crippen molar-refractivity contribution in [3.63, 3.8) is 0 Å². The second-order valence-corrected chi connectivity index (χ2v) is 2.61. The molecule has 14 heavy (non-hydrogen) atoms. The number of hydrogen-bond acceptors (Lipinski definition) is 3. The van der Waals surface area contributed by atoms with Crippen molar-refractivity contribution in [1.29, 1.82) is 0 Å².